The summed E-state index contributed by atoms with van der Waals surface area (Å²) in [5.74, 6) is -0.297. The molecular weight excluding hydrogens is 293 g/mol. The summed E-state index contributed by atoms with van der Waals surface area (Å²) in [4.78, 5) is 10.6. The van der Waals surface area contributed by atoms with Crippen molar-refractivity contribution in [3.05, 3.63) is 58.6 Å². The molecule has 0 aliphatic carbocycles. The number of benzene rings is 2. The molecule has 0 heterocycles. The van der Waals surface area contributed by atoms with E-state index >= 15 is 0 Å². The summed E-state index contributed by atoms with van der Waals surface area (Å²) in [7, 11) is 0. The van der Waals surface area contributed by atoms with Gasteiger partial charge in [-0.25, -0.2) is 0 Å². The highest BCUT2D eigenvalue weighted by Crippen LogP contribution is 2.39. The van der Waals surface area contributed by atoms with E-state index < -0.39 is 17.5 Å². The molecule has 2 aromatic carbocycles. The molecule has 0 aliphatic rings. The molecule has 104 valence electrons. The van der Waals surface area contributed by atoms with Crippen molar-refractivity contribution in [1.29, 1.82) is 0 Å². The van der Waals surface area contributed by atoms with Crippen LogP contribution in [0, 0.1) is 0 Å². The average molecular weight is 301 g/mol. The van der Waals surface area contributed by atoms with E-state index in [9.17, 15) is 18.0 Å². The van der Waals surface area contributed by atoms with Crippen molar-refractivity contribution in [3.8, 4) is 11.5 Å². The summed E-state index contributed by atoms with van der Waals surface area (Å²) >= 11 is 5.84. The molecule has 0 atom stereocenters. The number of hydrogen-bond donors (Lipinski definition) is 0. The van der Waals surface area contributed by atoms with Crippen molar-refractivity contribution in [2.24, 2.45) is 0 Å². The van der Waals surface area contributed by atoms with Gasteiger partial charge in [0.05, 0.1) is 10.6 Å². The van der Waals surface area contributed by atoms with Crippen molar-refractivity contribution in [2.75, 3.05) is 0 Å². The van der Waals surface area contributed by atoms with Crippen LogP contribution in [0.5, 0.6) is 11.5 Å². The fourth-order valence-corrected chi connectivity index (χ4v) is 1.75. The van der Waals surface area contributed by atoms with E-state index in [1.165, 1.54) is 18.2 Å². The molecule has 0 fully saturated rings. The van der Waals surface area contributed by atoms with Gasteiger partial charge in [-0.2, -0.15) is 13.2 Å². The van der Waals surface area contributed by atoms with Crippen LogP contribution >= 0.6 is 11.6 Å². The molecule has 0 bridgehead atoms. The van der Waals surface area contributed by atoms with Gasteiger partial charge in [-0.15, -0.1) is 0 Å². The molecule has 0 amide bonds. The maximum atomic E-state index is 12.9. The number of rotatable bonds is 3. The van der Waals surface area contributed by atoms with Crippen LogP contribution in [0.2, 0.25) is 5.02 Å². The molecular formula is C14H8ClF3O2. The van der Waals surface area contributed by atoms with Gasteiger partial charge in [0.25, 0.3) is 0 Å². The summed E-state index contributed by atoms with van der Waals surface area (Å²) in [6, 6.07) is 9.26. The first kappa shape index (κ1) is 14.4. The first-order chi connectivity index (χ1) is 9.41. The van der Waals surface area contributed by atoms with Crippen molar-refractivity contribution in [3.63, 3.8) is 0 Å². The van der Waals surface area contributed by atoms with Gasteiger partial charge in [0.1, 0.15) is 17.8 Å². The van der Waals surface area contributed by atoms with Crippen LogP contribution in [-0.2, 0) is 6.18 Å². The van der Waals surface area contributed by atoms with Gasteiger partial charge >= 0.3 is 6.18 Å². The van der Waals surface area contributed by atoms with Crippen molar-refractivity contribution in [1.82, 2.24) is 0 Å². The largest absolute Gasteiger partial charge is 0.455 e. The van der Waals surface area contributed by atoms with E-state index in [2.05, 4.69) is 0 Å². The predicted molar refractivity (Wildman–Crippen MR) is 68.4 cm³/mol. The molecule has 0 saturated heterocycles. The lowest BCUT2D eigenvalue weighted by Gasteiger charge is -2.14. The second kappa shape index (κ2) is 5.54. The predicted octanol–water partition coefficient (Wildman–Crippen LogP) is 4.96. The van der Waals surface area contributed by atoms with Crippen LogP contribution in [0.1, 0.15) is 15.9 Å². The lowest BCUT2D eigenvalue weighted by atomic mass is 10.1. The Morgan fingerprint density at radius 2 is 1.75 bits per heavy atom. The molecule has 20 heavy (non-hydrogen) atoms. The molecule has 0 aliphatic heterocycles. The van der Waals surface area contributed by atoms with E-state index in [0.29, 0.717) is 6.29 Å². The minimum atomic E-state index is -4.63. The highest BCUT2D eigenvalue weighted by atomic mass is 35.5. The average Bonchev–Trinajstić information content (AvgIpc) is 2.40. The van der Waals surface area contributed by atoms with E-state index in [1.54, 1.807) is 12.1 Å². The molecule has 2 rings (SSSR count). The maximum absolute atomic E-state index is 12.9. The minimum Gasteiger partial charge on any atom is -0.455 e. The second-order valence-corrected chi connectivity index (χ2v) is 4.31. The van der Waals surface area contributed by atoms with E-state index in [1.807, 2.05) is 0 Å². The maximum Gasteiger partial charge on any atom is 0.420 e. The Morgan fingerprint density at radius 3 is 2.35 bits per heavy atom. The van der Waals surface area contributed by atoms with E-state index in [0.717, 1.165) is 12.1 Å². The highest BCUT2D eigenvalue weighted by Gasteiger charge is 2.35. The smallest absolute Gasteiger partial charge is 0.420 e. The van der Waals surface area contributed by atoms with Crippen molar-refractivity contribution in [2.45, 2.75) is 6.18 Å². The quantitative estimate of drug-likeness (QED) is 0.749. The summed E-state index contributed by atoms with van der Waals surface area (Å²) in [6.07, 6.45) is -4.29. The lowest BCUT2D eigenvalue weighted by Crippen LogP contribution is -2.08. The zero-order valence-electron chi connectivity index (χ0n) is 9.95. The van der Waals surface area contributed by atoms with E-state index in [4.69, 9.17) is 16.3 Å². The molecule has 0 N–H and O–H groups in total. The zero-order chi connectivity index (χ0) is 14.8. The number of alkyl halides is 3. The van der Waals surface area contributed by atoms with Crippen LogP contribution in [-0.4, -0.2) is 6.29 Å². The number of aldehydes is 1. The second-order valence-electron chi connectivity index (χ2n) is 3.90. The highest BCUT2D eigenvalue weighted by molar-refractivity contribution is 6.32. The number of halogens is 4. The number of para-hydroxylation sites is 1. The Kier molecular flexibility index (Phi) is 3.99. The molecule has 0 unspecified atom stereocenters. The Labute approximate surface area is 117 Å². The third-order valence-corrected chi connectivity index (χ3v) is 2.81. The minimum absolute atomic E-state index is 0.0798. The Morgan fingerprint density at radius 1 is 1.05 bits per heavy atom. The first-order valence-electron chi connectivity index (χ1n) is 5.50. The van der Waals surface area contributed by atoms with Crippen LogP contribution in [0.3, 0.4) is 0 Å². The van der Waals surface area contributed by atoms with Gasteiger partial charge < -0.3 is 4.74 Å². The number of carbonyl (C=O) groups is 1. The fourth-order valence-electron chi connectivity index (χ4n) is 1.58. The summed E-state index contributed by atoms with van der Waals surface area (Å²) in [6.45, 7) is 0. The normalized spacial score (nSPS) is 11.2. The van der Waals surface area contributed by atoms with Gasteiger partial charge in [0, 0.05) is 5.56 Å². The van der Waals surface area contributed by atoms with E-state index in [-0.39, 0.29) is 16.3 Å². The summed E-state index contributed by atoms with van der Waals surface area (Å²) in [5.41, 5.74) is -1.11. The monoisotopic (exact) mass is 300 g/mol. The van der Waals surface area contributed by atoms with Crippen molar-refractivity contribution < 1.29 is 22.7 Å². The third-order valence-electron chi connectivity index (χ3n) is 2.50. The van der Waals surface area contributed by atoms with Gasteiger partial charge in [0.15, 0.2) is 0 Å². The number of carbonyl (C=O) groups excluding carboxylic acids is 1. The molecule has 2 nitrogen and oxygen atoms in total. The Hall–Kier alpha value is -2.01. The summed E-state index contributed by atoms with van der Waals surface area (Å²) < 4.78 is 44.0. The Bertz CT molecular complexity index is 639. The van der Waals surface area contributed by atoms with Crippen LogP contribution < -0.4 is 4.74 Å². The fraction of sp³-hybridized carbons (Fsp3) is 0.0714. The molecule has 0 radical (unpaired) electrons. The molecule has 6 heteroatoms. The number of ether oxygens (including phenoxy) is 1. The van der Waals surface area contributed by atoms with Crippen LogP contribution in [0.4, 0.5) is 13.2 Å². The third kappa shape index (κ3) is 3.11. The topological polar surface area (TPSA) is 26.3 Å². The first-order valence-corrected chi connectivity index (χ1v) is 5.88. The molecule has 2 aromatic rings. The molecule has 0 saturated carbocycles. The standard InChI is InChI=1S/C14H8ClF3O2/c15-11-3-1-2-4-13(11)20-12-6-5-9(8-19)7-10(12)14(16,17)18/h1-8H. The molecule has 0 spiro atoms. The van der Waals surface area contributed by atoms with Gasteiger partial charge in [-0.3, -0.25) is 4.79 Å². The SMILES string of the molecule is O=Cc1ccc(Oc2ccccc2Cl)c(C(F)(F)F)c1. The number of hydrogen-bond acceptors (Lipinski definition) is 2. The zero-order valence-corrected chi connectivity index (χ0v) is 10.7. The Balaban J connectivity index is 2.46. The van der Waals surface area contributed by atoms with Crippen LogP contribution in [0.25, 0.3) is 0 Å². The van der Waals surface area contributed by atoms with Crippen LogP contribution in [0.15, 0.2) is 42.5 Å². The lowest BCUT2D eigenvalue weighted by molar-refractivity contribution is -0.138. The van der Waals surface area contributed by atoms with Gasteiger partial charge in [-0.05, 0) is 30.3 Å². The van der Waals surface area contributed by atoms with Gasteiger partial charge in [0.2, 0.25) is 0 Å². The summed E-state index contributed by atoms with van der Waals surface area (Å²) in [5, 5.41) is 0.195. The molecule has 0 aromatic heterocycles. The van der Waals surface area contributed by atoms with Crippen molar-refractivity contribution >= 4 is 17.9 Å². The van der Waals surface area contributed by atoms with Gasteiger partial charge in [-0.1, -0.05) is 23.7 Å².